The molecule has 0 radical (unpaired) electrons. The van der Waals surface area contributed by atoms with Crippen LogP contribution in [0.5, 0.6) is 5.75 Å². The van der Waals surface area contributed by atoms with Crippen LogP contribution in [0.25, 0.3) is 10.6 Å². The molecule has 0 aliphatic heterocycles. The van der Waals surface area contributed by atoms with Gasteiger partial charge in [0.25, 0.3) is 5.91 Å². The van der Waals surface area contributed by atoms with Crippen molar-refractivity contribution in [2.75, 3.05) is 11.9 Å². The van der Waals surface area contributed by atoms with Gasteiger partial charge in [0, 0.05) is 10.6 Å². The standard InChI is InChI=1S/C22H23ClN4O3S/c1-3-14(2)19(24-18(28)13-30-17-10-5-4-6-11-17)20(29)25-22-27-26-21(31-22)15-8-7-9-16(23)12-15/h4-12,14,19H,3,13H2,1-2H3,(H,24,28)(H,25,27,29). The van der Waals surface area contributed by atoms with Crippen LogP contribution in [0.2, 0.25) is 5.02 Å². The first-order valence-corrected chi connectivity index (χ1v) is 11.0. The molecule has 7 nitrogen and oxygen atoms in total. The number of halogens is 1. The molecule has 0 saturated carbocycles. The van der Waals surface area contributed by atoms with Crippen LogP contribution in [0.4, 0.5) is 5.13 Å². The fraction of sp³-hybridized carbons (Fsp3) is 0.273. The predicted molar refractivity (Wildman–Crippen MR) is 122 cm³/mol. The summed E-state index contributed by atoms with van der Waals surface area (Å²) in [5, 5.41) is 15.3. The number of hydrogen-bond donors (Lipinski definition) is 2. The lowest BCUT2D eigenvalue weighted by Crippen LogP contribution is -2.49. The van der Waals surface area contributed by atoms with Crippen LogP contribution in [0, 0.1) is 5.92 Å². The largest absolute Gasteiger partial charge is 0.484 e. The summed E-state index contributed by atoms with van der Waals surface area (Å²) in [6.07, 6.45) is 0.710. The Bertz CT molecular complexity index is 1030. The number of benzene rings is 2. The SMILES string of the molecule is CCC(C)C(NC(=O)COc1ccccc1)C(=O)Nc1nnc(-c2cccc(Cl)c2)s1. The van der Waals surface area contributed by atoms with Gasteiger partial charge in [0.15, 0.2) is 6.61 Å². The number of carbonyl (C=O) groups is 2. The van der Waals surface area contributed by atoms with E-state index in [9.17, 15) is 9.59 Å². The van der Waals surface area contributed by atoms with Gasteiger partial charge < -0.3 is 10.1 Å². The Balaban J connectivity index is 1.62. The predicted octanol–water partition coefficient (Wildman–Crippen LogP) is 4.41. The number of nitrogens with zero attached hydrogens (tertiary/aromatic N) is 2. The molecule has 31 heavy (non-hydrogen) atoms. The third-order valence-corrected chi connectivity index (χ3v) is 5.77. The van der Waals surface area contributed by atoms with Crippen LogP contribution in [0.1, 0.15) is 20.3 Å². The Labute approximate surface area is 189 Å². The molecule has 2 unspecified atom stereocenters. The molecule has 2 aromatic carbocycles. The molecule has 0 aliphatic carbocycles. The minimum absolute atomic E-state index is 0.0824. The van der Waals surface area contributed by atoms with Crippen molar-refractivity contribution in [3.8, 4) is 16.3 Å². The number of ether oxygens (including phenoxy) is 1. The van der Waals surface area contributed by atoms with Crippen molar-refractivity contribution in [1.29, 1.82) is 0 Å². The quantitative estimate of drug-likeness (QED) is 0.495. The molecule has 9 heteroatoms. The molecule has 0 bridgehead atoms. The molecule has 3 aromatic rings. The summed E-state index contributed by atoms with van der Waals surface area (Å²) < 4.78 is 5.47. The average molecular weight is 459 g/mol. The van der Waals surface area contributed by atoms with E-state index in [0.717, 1.165) is 5.56 Å². The van der Waals surface area contributed by atoms with E-state index in [2.05, 4.69) is 20.8 Å². The fourth-order valence-electron chi connectivity index (χ4n) is 2.78. The van der Waals surface area contributed by atoms with Crippen molar-refractivity contribution in [2.45, 2.75) is 26.3 Å². The van der Waals surface area contributed by atoms with E-state index in [-0.39, 0.29) is 24.3 Å². The molecule has 2 atom stereocenters. The first-order valence-electron chi connectivity index (χ1n) is 9.83. The van der Waals surface area contributed by atoms with Gasteiger partial charge in [-0.3, -0.25) is 14.9 Å². The Kier molecular flexibility index (Phi) is 7.97. The number of nitrogens with one attached hydrogen (secondary N) is 2. The Morgan fingerprint density at radius 1 is 1.13 bits per heavy atom. The van der Waals surface area contributed by atoms with Gasteiger partial charge in [-0.05, 0) is 30.2 Å². The van der Waals surface area contributed by atoms with Crippen LogP contribution in [0.15, 0.2) is 54.6 Å². The maximum absolute atomic E-state index is 12.9. The zero-order valence-corrected chi connectivity index (χ0v) is 18.7. The van der Waals surface area contributed by atoms with Crippen molar-refractivity contribution in [3.63, 3.8) is 0 Å². The number of hydrogen-bond acceptors (Lipinski definition) is 6. The van der Waals surface area contributed by atoms with Gasteiger partial charge in [0.1, 0.15) is 16.8 Å². The van der Waals surface area contributed by atoms with E-state index in [1.165, 1.54) is 11.3 Å². The molecule has 1 heterocycles. The van der Waals surface area contributed by atoms with Crippen LogP contribution < -0.4 is 15.4 Å². The second-order valence-electron chi connectivity index (χ2n) is 6.94. The van der Waals surface area contributed by atoms with Crippen molar-refractivity contribution in [2.24, 2.45) is 5.92 Å². The van der Waals surface area contributed by atoms with Crippen molar-refractivity contribution in [3.05, 3.63) is 59.6 Å². The highest BCUT2D eigenvalue weighted by atomic mass is 35.5. The Hall–Kier alpha value is -2.97. The highest BCUT2D eigenvalue weighted by molar-refractivity contribution is 7.18. The van der Waals surface area contributed by atoms with Crippen LogP contribution in [0.3, 0.4) is 0 Å². The first-order chi connectivity index (χ1) is 15.0. The van der Waals surface area contributed by atoms with Crippen LogP contribution >= 0.6 is 22.9 Å². The van der Waals surface area contributed by atoms with E-state index in [1.807, 2.05) is 44.2 Å². The van der Waals surface area contributed by atoms with E-state index in [0.29, 0.717) is 27.3 Å². The molecule has 3 rings (SSSR count). The topological polar surface area (TPSA) is 93.2 Å². The number of aromatic nitrogens is 2. The number of amides is 2. The lowest BCUT2D eigenvalue weighted by molar-refractivity contribution is -0.128. The maximum Gasteiger partial charge on any atom is 0.258 e. The molecule has 162 valence electrons. The third-order valence-electron chi connectivity index (χ3n) is 4.65. The molecule has 0 fully saturated rings. The lowest BCUT2D eigenvalue weighted by Gasteiger charge is -2.23. The smallest absolute Gasteiger partial charge is 0.258 e. The molecule has 0 aliphatic rings. The fourth-order valence-corrected chi connectivity index (χ4v) is 3.71. The second kappa shape index (κ2) is 10.9. The zero-order chi connectivity index (χ0) is 22.2. The zero-order valence-electron chi connectivity index (χ0n) is 17.2. The Morgan fingerprint density at radius 2 is 1.90 bits per heavy atom. The highest BCUT2D eigenvalue weighted by Crippen LogP contribution is 2.28. The molecular weight excluding hydrogens is 436 g/mol. The van der Waals surface area contributed by atoms with Gasteiger partial charge in [-0.15, -0.1) is 10.2 Å². The third kappa shape index (κ3) is 6.50. The van der Waals surface area contributed by atoms with Crippen LogP contribution in [-0.2, 0) is 9.59 Å². The van der Waals surface area contributed by atoms with Crippen LogP contribution in [-0.4, -0.2) is 34.7 Å². The molecule has 0 spiro atoms. The molecule has 2 amide bonds. The number of carbonyl (C=O) groups excluding carboxylic acids is 2. The molecule has 1 aromatic heterocycles. The summed E-state index contributed by atoms with van der Waals surface area (Å²) in [6.45, 7) is 3.68. The molecular formula is C22H23ClN4O3S. The summed E-state index contributed by atoms with van der Waals surface area (Å²) in [4.78, 5) is 25.2. The highest BCUT2D eigenvalue weighted by Gasteiger charge is 2.27. The summed E-state index contributed by atoms with van der Waals surface area (Å²) in [5.41, 5.74) is 0.815. The maximum atomic E-state index is 12.9. The van der Waals surface area contributed by atoms with Crippen molar-refractivity contribution >= 4 is 39.9 Å². The molecule has 2 N–H and O–H groups in total. The van der Waals surface area contributed by atoms with Gasteiger partial charge in [0.05, 0.1) is 0 Å². The summed E-state index contributed by atoms with van der Waals surface area (Å²) in [5.74, 6) is -0.219. The summed E-state index contributed by atoms with van der Waals surface area (Å²) >= 11 is 7.26. The first kappa shape index (κ1) is 22.7. The van der Waals surface area contributed by atoms with Gasteiger partial charge in [-0.25, -0.2) is 0 Å². The lowest BCUT2D eigenvalue weighted by atomic mass is 9.98. The molecule has 0 saturated heterocycles. The normalized spacial score (nSPS) is 12.6. The minimum atomic E-state index is -0.726. The number of para-hydroxylation sites is 1. The van der Waals surface area contributed by atoms with Crippen molar-refractivity contribution < 1.29 is 14.3 Å². The van der Waals surface area contributed by atoms with E-state index >= 15 is 0 Å². The van der Waals surface area contributed by atoms with Gasteiger partial charge >= 0.3 is 0 Å². The van der Waals surface area contributed by atoms with Crippen molar-refractivity contribution in [1.82, 2.24) is 15.5 Å². The van der Waals surface area contributed by atoms with E-state index in [1.54, 1.807) is 24.3 Å². The minimum Gasteiger partial charge on any atom is -0.484 e. The van der Waals surface area contributed by atoms with Gasteiger partial charge in [-0.1, -0.05) is 73.5 Å². The number of anilines is 1. The number of rotatable bonds is 9. The summed E-state index contributed by atoms with van der Waals surface area (Å²) in [7, 11) is 0. The van der Waals surface area contributed by atoms with Gasteiger partial charge in [0.2, 0.25) is 11.0 Å². The summed E-state index contributed by atoms with van der Waals surface area (Å²) in [6, 6.07) is 15.6. The van der Waals surface area contributed by atoms with E-state index < -0.39 is 6.04 Å². The van der Waals surface area contributed by atoms with E-state index in [4.69, 9.17) is 16.3 Å². The Morgan fingerprint density at radius 3 is 2.61 bits per heavy atom. The van der Waals surface area contributed by atoms with Gasteiger partial charge in [-0.2, -0.15) is 0 Å². The average Bonchev–Trinajstić information content (AvgIpc) is 3.24. The second-order valence-corrected chi connectivity index (χ2v) is 8.36. The monoisotopic (exact) mass is 458 g/mol.